The van der Waals surface area contributed by atoms with E-state index in [1.165, 1.54) is 16.7 Å². The largest absolute Gasteiger partial charge is 0.306 e. The molecule has 0 N–H and O–H groups in total. The lowest BCUT2D eigenvalue weighted by Gasteiger charge is -2.21. The molecule has 17 heavy (non-hydrogen) atoms. The molecule has 0 aromatic carbocycles. The summed E-state index contributed by atoms with van der Waals surface area (Å²) < 4.78 is 0. The van der Waals surface area contributed by atoms with Crippen LogP contribution in [-0.4, -0.2) is 23.0 Å². The van der Waals surface area contributed by atoms with E-state index in [9.17, 15) is 0 Å². The summed E-state index contributed by atoms with van der Waals surface area (Å²) in [5.74, 6) is 0. The molecule has 0 radical (unpaired) electrons. The molecule has 0 fully saturated rings. The monoisotopic (exact) mass is 227 g/mol. The first kappa shape index (κ1) is 11.7. The Hall–Kier alpha value is -1.82. The topological polar surface area (TPSA) is 39.9 Å². The van der Waals surface area contributed by atoms with Crippen LogP contribution in [0.5, 0.6) is 0 Å². The first-order valence-corrected chi connectivity index (χ1v) is 6.04. The van der Waals surface area contributed by atoms with Gasteiger partial charge in [0.2, 0.25) is 0 Å². The summed E-state index contributed by atoms with van der Waals surface area (Å²) in [5, 5.41) is 8.80. The molecule has 1 aromatic heterocycles. The summed E-state index contributed by atoms with van der Waals surface area (Å²) in [6, 6.07) is 2.21. The van der Waals surface area contributed by atoms with Crippen LogP contribution in [0.3, 0.4) is 0 Å². The highest BCUT2D eigenvalue weighted by Crippen LogP contribution is 2.23. The predicted molar refractivity (Wildman–Crippen MR) is 68.1 cm³/mol. The van der Waals surface area contributed by atoms with E-state index in [4.69, 9.17) is 5.26 Å². The molecule has 3 heteroatoms. The van der Waals surface area contributed by atoms with Gasteiger partial charge in [0.15, 0.2) is 6.19 Å². The van der Waals surface area contributed by atoms with Gasteiger partial charge in [0.1, 0.15) is 0 Å². The van der Waals surface area contributed by atoms with Gasteiger partial charge in [-0.3, -0.25) is 4.98 Å². The molecule has 0 spiro atoms. The number of nitriles is 1. The summed E-state index contributed by atoms with van der Waals surface area (Å²) in [6.45, 7) is 5.77. The molecule has 2 rings (SSSR count). The molecule has 0 saturated carbocycles. The molecule has 2 heterocycles. The van der Waals surface area contributed by atoms with Crippen molar-refractivity contribution in [3.05, 3.63) is 35.2 Å². The first-order valence-electron chi connectivity index (χ1n) is 6.04. The van der Waals surface area contributed by atoms with Crippen molar-refractivity contribution in [2.75, 3.05) is 13.1 Å². The zero-order chi connectivity index (χ0) is 12.3. The summed E-state index contributed by atoms with van der Waals surface area (Å²) in [7, 11) is 0. The highest BCUT2D eigenvalue weighted by molar-refractivity contribution is 5.66. The van der Waals surface area contributed by atoms with Gasteiger partial charge in [-0.25, -0.2) is 0 Å². The Morgan fingerprint density at radius 3 is 2.88 bits per heavy atom. The lowest BCUT2D eigenvalue weighted by molar-refractivity contribution is 0.431. The maximum atomic E-state index is 8.80. The van der Waals surface area contributed by atoms with Gasteiger partial charge in [-0.05, 0) is 36.5 Å². The molecule has 0 saturated heterocycles. The van der Waals surface area contributed by atoms with Gasteiger partial charge in [0.25, 0.3) is 0 Å². The van der Waals surface area contributed by atoms with Gasteiger partial charge in [0, 0.05) is 19.3 Å². The lowest BCUT2D eigenvalue weighted by Crippen LogP contribution is -2.23. The van der Waals surface area contributed by atoms with E-state index in [-0.39, 0.29) is 0 Å². The fourth-order valence-corrected chi connectivity index (χ4v) is 2.14. The minimum absolute atomic E-state index is 0.711. The van der Waals surface area contributed by atoms with Crippen LogP contribution < -0.4 is 0 Å². The summed E-state index contributed by atoms with van der Waals surface area (Å²) >= 11 is 0. The van der Waals surface area contributed by atoms with Crippen LogP contribution in [0.15, 0.2) is 18.3 Å². The molecule has 0 bridgehead atoms. The second-order valence-electron chi connectivity index (χ2n) is 4.39. The van der Waals surface area contributed by atoms with Crippen LogP contribution in [0.25, 0.3) is 5.57 Å². The molecule has 1 aromatic rings. The quantitative estimate of drug-likeness (QED) is 0.729. The second-order valence-corrected chi connectivity index (χ2v) is 4.39. The molecule has 0 amide bonds. The molecule has 0 atom stereocenters. The molecule has 1 aliphatic heterocycles. The zero-order valence-electron chi connectivity index (χ0n) is 10.4. The number of hydrogen-bond donors (Lipinski definition) is 0. The Labute approximate surface area is 102 Å². The number of nitrogens with zero attached hydrogens (tertiary/aromatic N) is 3. The van der Waals surface area contributed by atoms with Crippen LogP contribution in [0, 0.1) is 18.4 Å². The van der Waals surface area contributed by atoms with Gasteiger partial charge in [-0.1, -0.05) is 19.1 Å². The van der Waals surface area contributed by atoms with E-state index in [2.05, 4.69) is 37.2 Å². The fourth-order valence-electron chi connectivity index (χ4n) is 2.14. The van der Waals surface area contributed by atoms with E-state index < -0.39 is 0 Å². The molecule has 88 valence electrons. The van der Waals surface area contributed by atoms with Crippen LogP contribution in [0.4, 0.5) is 0 Å². The van der Waals surface area contributed by atoms with E-state index >= 15 is 0 Å². The highest BCUT2D eigenvalue weighted by atomic mass is 15.1. The standard InChI is InChI=1S/C14H17N3/c1-3-12-8-11(2)14(16-9-12)13-4-6-17(10-15)7-5-13/h4,8-9H,3,5-7H2,1-2H3. The predicted octanol–water partition coefficient (Wildman–Crippen LogP) is 2.52. The maximum Gasteiger partial charge on any atom is 0.179 e. The van der Waals surface area contributed by atoms with Gasteiger partial charge >= 0.3 is 0 Å². The molecule has 3 nitrogen and oxygen atoms in total. The zero-order valence-corrected chi connectivity index (χ0v) is 10.4. The van der Waals surface area contributed by atoms with Crippen LogP contribution in [0.1, 0.15) is 30.2 Å². The maximum absolute atomic E-state index is 8.80. The van der Waals surface area contributed by atoms with Gasteiger partial charge in [-0.15, -0.1) is 0 Å². The van der Waals surface area contributed by atoms with Crippen LogP contribution in [0.2, 0.25) is 0 Å². The van der Waals surface area contributed by atoms with Crippen molar-refractivity contribution >= 4 is 5.57 Å². The molecule has 0 unspecified atom stereocenters. The number of pyridine rings is 1. The van der Waals surface area contributed by atoms with E-state index in [1.807, 2.05) is 6.20 Å². The van der Waals surface area contributed by atoms with E-state index in [1.54, 1.807) is 4.90 Å². The van der Waals surface area contributed by atoms with Gasteiger partial charge in [0.05, 0.1) is 5.69 Å². The molecular formula is C14H17N3. The van der Waals surface area contributed by atoms with Crippen molar-refractivity contribution < 1.29 is 0 Å². The number of hydrogen-bond acceptors (Lipinski definition) is 3. The van der Waals surface area contributed by atoms with Crippen molar-refractivity contribution in [1.82, 2.24) is 9.88 Å². The summed E-state index contributed by atoms with van der Waals surface area (Å²) in [6.07, 6.45) is 8.19. The summed E-state index contributed by atoms with van der Waals surface area (Å²) in [4.78, 5) is 6.32. The van der Waals surface area contributed by atoms with Gasteiger partial charge < -0.3 is 4.90 Å². The van der Waals surface area contributed by atoms with E-state index in [0.717, 1.165) is 25.1 Å². The average molecular weight is 227 g/mol. The van der Waals surface area contributed by atoms with Crippen LogP contribution >= 0.6 is 0 Å². The Balaban J connectivity index is 2.24. The van der Waals surface area contributed by atoms with Gasteiger partial charge in [-0.2, -0.15) is 5.26 Å². The van der Waals surface area contributed by atoms with Crippen molar-refractivity contribution in [2.24, 2.45) is 0 Å². The third-order valence-corrected chi connectivity index (χ3v) is 3.20. The van der Waals surface area contributed by atoms with Crippen molar-refractivity contribution in [3.8, 4) is 6.19 Å². The normalized spacial score (nSPS) is 15.4. The summed E-state index contributed by atoms with van der Waals surface area (Å²) in [5.41, 5.74) is 4.89. The lowest BCUT2D eigenvalue weighted by atomic mass is 9.99. The van der Waals surface area contributed by atoms with E-state index in [0.29, 0.717) is 6.54 Å². The van der Waals surface area contributed by atoms with Crippen LogP contribution in [-0.2, 0) is 6.42 Å². The SMILES string of the molecule is CCc1cnc(C2=CCN(C#N)CC2)c(C)c1. The molecule has 0 aliphatic carbocycles. The minimum Gasteiger partial charge on any atom is -0.306 e. The van der Waals surface area contributed by atoms with Crippen molar-refractivity contribution in [2.45, 2.75) is 26.7 Å². The number of aromatic nitrogens is 1. The Morgan fingerprint density at radius 1 is 1.53 bits per heavy atom. The molecular weight excluding hydrogens is 210 g/mol. The smallest absolute Gasteiger partial charge is 0.179 e. The second kappa shape index (κ2) is 5.01. The minimum atomic E-state index is 0.711. The Morgan fingerprint density at radius 2 is 2.35 bits per heavy atom. The average Bonchev–Trinajstić information content (AvgIpc) is 2.39. The third-order valence-electron chi connectivity index (χ3n) is 3.20. The van der Waals surface area contributed by atoms with Crippen molar-refractivity contribution in [1.29, 1.82) is 5.26 Å². The Kier molecular flexibility index (Phi) is 3.43. The Bertz CT molecular complexity index is 483. The number of aryl methyl sites for hydroxylation is 2. The third kappa shape index (κ3) is 2.47. The van der Waals surface area contributed by atoms with Crippen molar-refractivity contribution in [3.63, 3.8) is 0 Å². The fraction of sp³-hybridized carbons (Fsp3) is 0.429. The molecule has 1 aliphatic rings. The number of rotatable bonds is 2. The first-order chi connectivity index (χ1) is 8.24. The highest BCUT2D eigenvalue weighted by Gasteiger charge is 2.14.